The molecule has 0 rings (SSSR count). The van der Waals surface area contributed by atoms with E-state index in [1.807, 2.05) is 13.8 Å². The van der Waals surface area contributed by atoms with Crippen LogP contribution in [0.2, 0.25) is 12.6 Å². The minimum absolute atomic E-state index is 0. The average Bonchev–Trinajstić information content (AvgIpc) is 1.07. The van der Waals surface area contributed by atoms with Crippen molar-refractivity contribution in [2.24, 2.45) is 0 Å². The Morgan fingerprint density at radius 3 is 0.616 bits per heavy atom. The molecule has 26 nitrogen and oxygen atoms in total. The van der Waals surface area contributed by atoms with Gasteiger partial charge < -0.3 is 72.3 Å². The Kier molecular flexibility index (Phi) is 321. The van der Waals surface area contributed by atoms with E-state index in [1.54, 1.807) is 79.5 Å². The molecule has 0 aromatic rings. The Morgan fingerprint density at radius 2 is 0.515 bits per heavy atom. The van der Waals surface area contributed by atoms with E-state index < -0.39 is 38.4 Å². The molecule has 0 aliphatic heterocycles. The third-order valence-corrected chi connectivity index (χ3v) is 16.7. The van der Waals surface area contributed by atoms with Crippen LogP contribution < -0.4 is 0 Å². The molecular weight excluding hydrogens is 2840 g/mol. The predicted octanol–water partition coefficient (Wildman–Crippen LogP) is 11.1. The second-order valence-corrected chi connectivity index (χ2v) is 26.3. The van der Waals surface area contributed by atoms with Crippen LogP contribution in [0.4, 0.5) is 0 Å². The number of thiol groups is 8. The fraction of sp³-hybridized carbons (Fsp3) is 0.900. The molecule has 0 aromatic carbocycles. The number of halogens is 1. The van der Waals surface area contributed by atoms with Crippen LogP contribution in [0.3, 0.4) is 0 Å². The first-order valence-corrected chi connectivity index (χ1v) is 39.9. The van der Waals surface area contributed by atoms with E-state index in [2.05, 4.69) is 121 Å². The number of rotatable bonds is 44. The monoisotopic (exact) mass is 2960 g/mol. The maximum atomic E-state index is 9.98. The number of ether oxygens (including phenoxy) is 8. The maximum Gasteiger partial charge on any atom is 0.334 e. The molecule has 49 heteroatoms. The number of carbonyl (C=O) groups is 5. The van der Waals surface area contributed by atoms with Gasteiger partial charge in [-0.05, 0) is 136 Å². The van der Waals surface area contributed by atoms with Gasteiger partial charge in [-0.3, -0.25) is 24.0 Å². The molecule has 0 fully saturated rings. The van der Waals surface area contributed by atoms with Gasteiger partial charge in [0.2, 0.25) is 0 Å². The van der Waals surface area contributed by atoms with Gasteiger partial charge in [-0.15, -0.1) is 0 Å². The zero-order valence-electron chi connectivity index (χ0n) is 58.0. The fourth-order valence-electron chi connectivity index (χ4n) is 3.89. The second-order valence-electron chi connectivity index (χ2n) is 15.0. The van der Waals surface area contributed by atoms with Crippen molar-refractivity contribution >= 4 is 210 Å². The number of alkyl halides is 1. The normalized spacial score (nSPS) is 8.47. The van der Waals surface area contributed by atoms with Gasteiger partial charge in [0.25, 0.3) is 0 Å². The number of methoxy groups -OCH3 is 8. The predicted molar refractivity (Wildman–Crippen MR) is 410 cm³/mol. The first kappa shape index (κ1) is 171. The van der Waals surface area contributed by atoms with Crippen LogP contribution >= 0.6 is 172 Å². The molecule has 0 saturated heterocycles. The molecule has 3 radical (unpaired) electrons. The van der Waals surface area contributed by atoms with Crippen molar-refractivity contribution in [3.05, 3.63) is 0 Å². The van der Waals surface area contributed by atoms with Crippen molar-refractivity contribution in [2.75, 3.05) is 202 Å². The summed E-state index contributed by atoms with van der Waals surface area (Å²) < 4.78 is 58.4. The smallest absolute Gasteiger partial charge is 0.334 e. The van der Waals surface area contributed by atoms with Crippen molar-refractivity contribution in [1.29, 1.82) is 0 Å². The van der Waals surface area contributed by atoms with Crippen LogP contribution in [-0.4, -0.2) is 282 Å². The van der Waals surface area contributed by atoms with Gasteiger partial charge in [0.05, 0.1) is 27.4 Å². The van der Waals surface area contributed by atoms with Gasteiger partial charge in [0.15, 0.2) is 0 Å². The molecule has 99 heavy (non-hydrogen) atoms. The fourth-order valence-corrected chi connectivity index (χ4v) is 9.84. The summed E-state index contributed by atoms with van der Waals surface area (Å²) in [5.41, 5.74) is 0. The van der Waals surface area contributed by atoms with E-state index in [4.69, 9.17) is 88.1 Å². The largest absolute Gasteiger partial charge is 0.481 e. The molecule has 0 atom stereocenters. The molecule has 0 spiro atoms. The topological polar surface area (TPSA) is 367 Å². The summed E-state index contributed by atoms with van der Waals surface area (Å²) in [6.07, 6.45) is 9.01. The summed E-state index contributed by atoms with van der Waals surface area (Å²) in [5, 5.41) is 61.4. The summed E-state index contributed by atoms with van der Waals surface area (Å²) >= 11 is 36.1. The first-order valence-electron chi connectivity index (χ1n) is 27.0. The van der Waals surface area contributed by atoms with Crippen molar-refractivity contribution in [3.63, 3.8) is 0 Å². The number of carboxylic acids is 5. The Balaban J connectivity index is -0.0000000328. The van der Waals surface area contributed by atoms with E-state index in [-0.39, 0.29) is 378 Å². The quantitative estimate of drug-likeness (QED) is 0.00394. The van der Waals surface area contributed by atoms with Crippen LogP contribution in [0, 0.1) is 253 Å². The molecular formula is C50H117Er3IO26S12SiY3Yb3. The molecule has 0 unspecified atom stereocenters. The summed E-state index contributed by atoms with van der Waals surface area (Å²) in [7, 11) is 11.5. The van der Waals surface area contributed by atoms with Crippen LogP contribution in [0.15, 0.2) is 0 Å². The molecule has 0 amide bonds. The molecule has 0 bridgehead atoms. The number of hydrogen-bond acceptors (Lipinski definition) is 33. The molecule has 0 aromatic heterocycles. The molecule has 0 heterocycles. The molecule has 0 aliphatic carbocycles. The van der Waals surface area contributed by atoms with Crippen molar-refractivity contribution < 1.29 is 476 Å². The second kappa shape index (κ2) is 186. The van der Waals surface area contributed by atoms with Crippen LogP contribution in [0.5, 0.6) is 0 Å². The maximum absolute atomic E-state index is 9.98. The van der Waals surface area contributed by atoms with E-state index in [1.165, 1.54) is 47.0 Å². The Morgan fingerprint density at radius 1 is 0.364 bits per heavy atom. The molecule has 643 valence electrons. The van der Waals surface area contributed by atoms with Gasteiger partial charge in [0.1, 0.15) is 0 Å². The summed E-state index contributed by atoms with van der Waals surface area (Å²) in [4.78, 5) is 49.3. The zero-order valence-corrected chi connectivity index (χ0v) is 90.8. The SMILES string of the molecule is CCO[Si](C)(CCCS)OCC.COCCCS.COCCCS.COCCCS.COCCCS.COCCCSCC(=O)O.COCCCSCC(=O)O.COCCCSCC(=O)O.COCCCSCC(=O)O.O=C(O)CI.OOS.OOS.OOS.[Er].[Er].[Er].[Y].[Y].[Y].[Yb].[Yb].[Yb]. The van der Waals surface area contributed by atoms with E-state index >= 15 is 0 Å². The van der Waals surface area contributed by atoms with Gasteiger partial charge in [-0.2, -0.15) is 123 Å². The Labute approximate surface area is 951 Å². The number of carboxylic acid groups (broad SMARTS) is 5. The summed E-state index contributed by atoms with van der Waals surface area (Å²) in [6, 6.07) is 1.05. The minimum Gasteiger partial charge on any atom is -0.481 e. The van der Waals surface area contributed by atoms with Crippen molar-refractivity contribution in [2.45, 2.75) is 84.2 Å². The van der Waals surface area contributed by atoms with E-state index in [0.29, 0.717) is 26.4 Å². The molecule has 0 aliphatic rings. The van der Waals surface area contributed by atoms with E-state index in [9.17, 15) is 24.0 Å². The third kappa shape index (κ3) is 285. The van der Waals surface area contributed by atoms with Gasteiger partial charge in [-0.1, -0.05) is 22.6 Å². The number of thioether (sulfide) groups is 4. The third-order valence-electron chi connectivity index (χ3n) is 7.28. The number of hydrogen-bond donors (Lipinski definition) is 16. The zero-order chi connectivity index (χ0) is 72.4. The minimum atomic E-state index is -1.82. The van der Waals surface area contributed by atoms with Gasteiger partial charge in [-0.25, -0.2) is 15.8 Å². The van der Waals surface area contributed by atoms with Gasteiger partial charge >= 0.3 is 38.4 Å². The standard InChI is InChI=1S/C8H20O2SSi.4C6H12O3S.4C4H10OS.C2H3IO2.3Er.3H2O2S.3Y.3Yb/c1-4-9-12(3,10-5-2)8-6-7-11;4*1-9-3-2-4-10-5-6(7)8;4*1-5-3-2-4-6;3-1-2(4)5;;;;3*1-2-3;;;;;;/h11H,4-8H2,1-3H3;4*2-5H2,1H3,(H,7,8);4*6H,2-4H2,1H3;1H2,(H,4,5);;;;3*1,3H;;;;;;. The van der Waals surface area contributed by atoms with Crippen LogP contribution in [0.1, 0.15) is 71.6 Å². The molecule has 8 N–H and O–H groups in total. The number of aliphatic carboxylic acids is 5. The van der Waals surface area contributed by atoms with Gasteiger partial charge in [0, 0.05) is 512 Å². The van der Waals surface area contributed by atoms with Crippen molar-refractivity contribution in [1.82, 2.24) is 0 Å². The summed E-state index contributed by atoms with van der Waals surface area (Å²) in [5.74, 6) is 5.10. The van der Waals surface area contributed by atoms with E-state index in [0.717, 1.165) is 155 Å². The first-order chi connectivity index (χ1) is 42.9. The van der Waals surface area contributed by atoms with Crippen molar-refractivity contribution in [3.8, 4) is 0 Å². The molecule has 0 saturated carbocycles. The average molecular weight is 2960 g/mol. The van der Waals surface area contributed by atoms with Crippen LogP contribution in [-0.2, 0) is 182 Å². The Hall–Kier alpha value is 13.5. The van der Waals surface area contributed by atoms with Crippen LogP contribution in [0.25, 0.3) is 0 Å². The summed E-state index contributed by atoms with van der Waals surface area (Å²) in [6.45, 7) is 13.9. The Bertz CT molecular complexity index is 1140.